The first-order valence-corrected chi connectivity index (χ1v) is 9.50. The van der Waals surface area contributed by atoms with Gasteiger partial charge < -0.3 is 14.6 Å². The molecule has 4 nitrogen and oxygen atoms in total. The molecule has 1 saturated carbocycles. The molecule has 0 aromatic heterocycles. The number of alkyl halides is 10. The van der Waals surface area contributed by atoms with Gasteiger partial charge in [-0.1, -0.05) is 32.8 Å². The minimum atomic E-state index is -6.70. The first kappa shape index (κ1) is 26.7. The Balaban J connectivity index is 3.03. The molecule has 1 N–H and O–H groups in total. The van der Waals surface area contributed by atoms with Crippen molar-refractivity contribution in [1.29, 1.82) is 0 Å². The van der Waals surface area contributed by atoms with Crippen LogP contribution in [0, 0.1) is 5.92 Å². The van der Waals surface area contributed by atoms with E-state index < -0.39 is 72.3 Å². The number of halogens is 10. The Labute approximate surface area is 175 Å². The third kappa shape index (κ3) is 3.15. The Bertz CT molecular complexity index is 743. The van der Waals surface area contributed by atoms with E-state index in [0.29, 0.717) is 6.92 Å². The highest BCUT2D eigenvalue weighted by molar-refractivity contribution is 5.81. The summed E-state index contributed by atoms with van der Waals surface area (Å²) in [6.45, 7) is 3.12. The molecule has 1 heterocycles. The fraction of sp³-hybridized carbons (Fsp3) is 0.833. The lowest BCUT2D eigenvalue weighted by Gasteiger charge is -2.62. The molecular formula is C18H20F10O4. The predicted molar refractivity (Wildman–Crippen MR) is 86.7 cm³/mol. The highest BCUT2D eigenvalue weighted by atomic mass is 19.4. The van der Waals surface area contributed by atoms with Crippen LogP contribution in [0.1, 0.15) is 45.4 Å². The van der Waals surface area contributed by atoms with Crippen molar-refractivity contribution >= 4 is 5.97 Å². The zero-order valence-corrected chi connectivity index (χ0v) is 16.6. The first-order valence-electron chi connectivity index (χ1n) is 9.50. The van der Waals surface area contributed by atoms with E-state index in [9.17, 15) is 36.2 Å². The molecule has 3 atom stereocenters. The molecule has 0 bridgehead atoms. The zero-order valence-electron chi connectivity index (χ0n) is 16.6. The Morgan fingerprint density at radius 3 is 1.91 bits per heavy atom. The topological polar surface area (TPSA) is 55.8 Å². The van der Waals surface area contributed by atoms with Gasteiger partial charge in [-0.15, -0.1) is 0 Å². The molecular weight excluding hydrogens is 470 g/mol. The van der Waals surface area contributed by atoms with E-state index in [-0.39, 0.29) is 25.3 Å². The quantitative estimate of drug-likeness (QED) is 0.330. The van der Waals surface area contributed by atoms with E-state index in [1.165, 1.54) is 0 Å². The van der Waals surface area contributed by atoms with Crippen molar-refractivity contribution in [3.63, 3.8) is 0 Å². The Morgan fingerprint density at radius 2 is 1.53 bits per heavy atom. The molecule has 1 saturated heterocycles. The van der Waals surface area contributed by atoms with Crippen LogP contribution in [0.25, 0.3) is 0 Å². The molecule has 14 heteroatoms. The summed E-state index contributed by atoms with van der Waals surface area (Å²) in [7, 11) is 0. The van der Waals surface area contributed by atoms with Gasteiger partial charge in [0.2, 0.25) is 11.2 Å². The molecule has 2 fully saturated rings. The summed E-state index contributed by atoms with van der Waals surface area (Å²) in [6.07, 6.45) is -16.6. The third-order valence-electron chi connectivity index (χ3n) is 6.14. The molecule has 0 aromatic carbocycles. The van der Waals surface area contributed by atoms with Gasteiger partial charge in [-0.05, 0) is 19.3 Å². The number of ether oxygens (including phenoxy) is 2. The van der Waals surface area contributed by atoms with E-state index >= 15 is 17.6 Å². The Kier molecular flexibility index (Phi) is 6.46. The van der Waals surface area contributed by atoms with Crippen LogP contribution in [-0.2, 0) is 14.3 Å². The van der Waals surface area contributed by atoms with E-state index in [4.69, 9.17) is 0 Å². The molecule has 186 valence electrons. The standard InChI is InChI=1S/C18H20F10O4/c1-3-11(29)31-12(4-2)14(19,20)13(17(23,24)25,10-8-6-5-7-9-10)32-16(30,15(12,21)22)18(26,27)28/h3,10,30H,1,4-9H2,2H3. The van der Waals surface area contributed by atoms with Crippen molar-refractivity contribution in [3.05, 3.63) is 12.7 Å². The summed E-state index contributed by atoms with van der Waals surface area (Å²) < 4.78 is 153. The van der Waals surface area contributed by atoms with Crippen molar-refractivity contribution in [3.8, 4) is 0 Å². The first-order chi connectivity index (χ1) is 14.3. The van der Waals surface area contributed by atoms with Crippen LogP contribution in [0.4, 0.5) is 43.9 Å². The molecule has 3 unspecified atom stereocenters. The number of hydrogen-bond acceptors (Lipinski definition) is 4. The summed E-state index contributed by atoms with van der Waals surface area (Å²) in [4.78, 5) is 11.6. The fourth-order valence-corrected chi connectivity index (χ4v) is 4.54. The van der Waals surface area contributed by atoms with Crippen LogP contribution in [0.2, 0.25) is 0 Å². The zero-order chi connectivity index (χ0) is 25.0. The predicted octanol–water partition coefficient (Wildman–Crippen LogP) is 5.30. The fourth-order valence-electron chi connectivity index (χ4n) is 4.54. The van der Waals surface area contributed by atoms with Crippen LogP contribution in [-0.4, -0.2) is 52.3 Å². The van der Waals surface area contributed by atoms with E-state index in [1.54, 1.807) is 0 Å². The maximum absolute atomic E-state index is 15.7. The molecule has 2 aliphatic rings. The maximum atomic E-state index is 15.7. The van der Waals surface area contributed by atoms with Gasteiger partial charge >= 0.3 is 36.0 Å². The average molecular weight is 490 g/mol. The average Bonchev–Trinajstić information content (AvgIpc) is 2.67. The number of carbonyl (C=O) groups is 1. The second-order valence-corrected chi connectivity index (χ2v) is 7.77. The molecule has 1 aliphatic carbocycles. The summed E-state index contributed by atoms with van der Waals surface area (Å²) in [5.74, 6) is -22.9. The minimum Gasteiger partial charge on any atom is -0.443 e. The summed E-state index contributed by atoms with van der Waals surface area (Å²) in [6, 6.07) is 0. The molecule has 0 spiro atoms. The third-order valence-corrected chi connectivity index (χ3v) is 6.14. The smallest absolute Gasteiger partial charge is 0.443 e. The van der Waals surface area contributed by atoms with E-state index in [1.807, 2.05) is 0 Å². The molecule has 1 aliphatic heterocycles. The Morgan fingerprint density at radius 1 is 1.03 bits per heavy atom. The number of rotatable bonds is 4. The van der Waals surface area contributed by atoms with Crippen LogP contribution < -0.4 is 0 Å². The normalized spacial score (nSPS) is 35.9. The second kappa shape index (κ2) is 7.74. The number of carbonyl (C=O) groups excluding carboxylic acids is 1. The highest BCUT2D eigenvalue weighted by Gasteiger charge is 2.97. The van der Waals surface area contributed by atoms with Gasteiger partial charge in [0.15, 0.2) is 0 Å². The largest absolute Gasteiger partial charge is 0.449 e. The van der Waals surface area contributed by atoms with Crippen molar-refractivity contribution < 1.29 is 63.3 Å². The molecule has 32 heavy (non-hydrogen) atoms. The number of esters is 1. The van der Waals surface area contributed by atoms with E-state index in [2.05, 4.69) is 16.1 Å². The SMILES string of the molecule is C=CC(=O)OC1(CC)C(F)(F)C(O)(C(F)(F)F)OC(C2CCCCC2)(C(F)(F)F)C1(F)F. The summed E-state index contributed by atoms with van der Waals surface area (Å²) in [5.41, 5.74) is -10.3. The number of hydrogen-bond donors (Lipinski definition) is 1. The van der Waals surface area contributed by atoms with Crippen molar-refractivity contribution in [1.82, 2.24) is 0 Å². The van der Waals surface area contributed by atoms with Crippen LogP contribution in [0.5, 0.6) is 0 Å². The van der Waals surface area contributed by atoms with Gasteiger partial charge in [-0.2, -0.15) is 43.9 Å². The van der Waals surface area contributed by atoms with Gasteiger partial charge in [-0.25, -0.2) is 4.79 Å². The monoisotopic (exact) mass is 490 g/mol. The second-order valence-electron chi connectivity index (χ2n) is 7.77. The Hall–Kier alpha value is -1.57. The lowest BCUT2D eigenvalue weighted by Crippen LogP contribution is -2.89. The lowest BCUT2D eigenvalue weighted by atomic mass is 9.63. The van der Waals surface area contributed by atoms with Crippen LogP contribution >= 0.6 is 0 Å². The highest BCUT2D eigenvalue weighted by Crippen LogP contribution is 2.69. The summed E-state index contributed by atoms with van der Waals surface area (Å²) in [5, 5.41) is 9.90. The van der Waals surface area contributed by atoms with Gasteiger partial charge in [0.1, 0.15) is 0 Å². The molecule has 0 radical (unpaired) electrons. The van der Waals surface area contributed by atoms with Gasteiger partial charge in [0.05, 0.1) is 0 Å². The van der Waals surface area contributed by atoms with E-state index in [0.717, 1.165) is 0 Å². The van der Waals surface area contributed by atoms with Gasteiger partial charge in [0, 0.05) is 12.0 Å². The van der Waals surface area contributed by atoms with Gasteiger partial charge in [-0.3, -0.25) is 0 Å². The molecule has 2 rings (SSSR count). The van der Waals surface area contributed by atoms with Gasteiger partial charge in [0.25, 0.3) is 0 Å². The summed E-state index contributed by atoms with van der Waals surface area (Å²) >= 11 is 0. The van der Waals surface area contributed by atoms with Crippen molar-refractivity contribution in [2.45, 2.75) is 86.6 Å². The minimum absolute atomic E-state index is 0.0154. The maximum Gasteiger partial charge on any atom is 0.449 e. The van der Waals surface area contributed by atoms with Crippen molar-refractivity contribution in [2.75, 3.05) is 0 Å². The van der Waals surface area contributed by atoms with Crippen molar-refractivity contribution in [2.24, 2.45) is 5.92 Å². The van der Waals surface area contributed by atoms with Crippen LogP contribution in [0.3, 0.4) is 0 Å². The molecule has 0 amide bonds. The molecule has 0 aromatic rings. The number of aliphatic hydroxyl groups is 1. The van der Waals surface area contributed by atoms with Crippen LogP contribution in [0.15, 0.2) is 12.7 Å². The lowest BCUT2D eigenvalue weighted by molar-refractivity contribution is -0.565.